The van der Waals surface area contributed by atoms with E-state index in [0.29, 0.717) is 10.6 Å². The molecule has 126 valence electrons. The number of ether oxygens (including phenoxy) is 1. The molecule has 0 bridgehead atoms. The van der Waals surface area contributed by atoms with Crippen LogP contribution in [0.25, 0.3) is 0 Å². The Morgan fingerprint density at radius 2 is 1.96 bits per heavy atom. The molecule has 0 spiro atoms. The van der Waals surface area contributed by atoms with Gasteiger partial charge in [-0.1, -0.05) is 24.3 Å². The van der Waals surface area contributed by atoms with E-state index in [4.69, 9.17) is 4.74 Å². The molecule has 2 rings (SSSR count). The van der Waals surface area contributed by atoms with E-state index in [1.165, 1.54) is 13.0 Å². The highest BCUT2D eigenvalue weighted by Crippen LogP contribution is 2.21. The molecule has 2 aromatic rings. The Morgan fingerprint density at radius 1 is 1.21 bits per heavy atom. The maximum Gasteiger partial charge on any atom is 0.317 e. The lowest BCUT2D eigenvalue weighted by molar-refractivity contribution is -0.150. The number of carbonyl (C=O) groups is 2. The van der Waals surface area contributed by atoms with Gasteiger partial charge in [-0.2, -0.15) is 0 Å². The fourth-order valence-electron chi connectivity index (χ4n) is 1.95. The molecular formula is C18H18FNO3S. The van der Waals surface area contributed by atoms with Crippen molar-refractivity contribution in [3.05, 3.63) is 59.9 Å². The molecule has 0 radical (unpaired) electrons. The van der Waals surface area contributed by atoms with Crippen LogP contribution < -0.4 is 5.32 Å². The summed E-state index contributed by atoms with van der Waals surface area (Å²) in [4.78, 5) is 24.2. The highest BCUT2D eigenvalue weighted by atomic mass is 32.2. The zero-order chi connectivity index (χ0) is 17.5. The predicted molar refractivity (Wildman–Crippen MR) is 92.5 cm³/mol. The normalized spacial score (nSPS) is 11.6. The van der Waals surface area contributed by atoms with E-state index in [2.05, 4.69) is 5.32 Å². The smallest absolute Gasteiger partial charge is 0.317 e. The van der Waals surface area contributed by atoms with Gasteiger partial charge in [0.2, 0.25) is 0 Å². The largest absolute Gasteiger partial charge is 0.452 e. The minimum absolute atomic E-state index is 0.0665. The van der Waals surface area contributed by atoms with Crippen molar-refractivity contribution in [1.82, 2.24) is 0 Å². The first-order valence-corrected chi connectivity index (χ1v) is 8.38. The van der Waals surface area contributed by atoms with Gasteiger partial charge in [-0.3, -0.25) is 9.59 Å². The number of thioether (sulfide) groups is 1. The first-order valence-electron chi connectivity index (χ1n) is 7.40. The number of aryl methyl sites for hydroxylation is 1. The maximum atomic E-state index is 13.5. The summed E-state index contributed by atoms with van der Waals surface area (Å²) in [6, 6.07) is 13.5. The summed E-state index contributed by atoms with van der Waals surface area (Å²) in [5.74, 6) is -1.44. The second-order valence-corrected chi connectivity index (χ2v) is 6.23. The van der Waals surface area contributed by atoms with E-state index in [1.807, 2.05) is 25.1 Å². The molecule has 24 heavy (non-hydrogen) atoms. The second kappa shape index (κ2) is 8.49. The Morgan fingerprint density at radius 3 is 2.67 bits per heavy atom. The first-order chi connectivity index (χ1) is 11.5. The van der Waals surface area contributed by atoms with E-state index >= 15 is 0 Å². The van der Waals surface area contributed by atoms with Crippen LogP contribution in [0.2, 0.25) is 0 Å². The highest BCUT2D eigenvalue weighted by Gasteiger charge is 2.18. The van der Waals surface area contributed by atoms with Crippen molar-refractivity contribution < 1.29 is 18.7 Å². The number of benzene rings is 2. The van der Waals surface area contributed by atoms with Crippen LogP contribution in [0.3, 0.4) is 0 Å². The van der Waals surface area contributed by atoms with E-state index in [1.54, 1.807) is 24.3 Å². The van der Waals surface area contributed by atoms with Gasteiger partial charge in [0.05, 0.1) is 5.75 Å². The first kappa shape index (κ1) is 18.0. The minimum atomic E-state index is -0.931. The molecule has 1 atom stereocenters. The van der Waals surface area contributed by atoms with E-state index in [9.17, 15) is 14.0 Å². The number of hydrogen-bond acceptors (Lipinski definition) is 4. The number of halogens is 1. The third-order valence-corrected chi connectivity index (χ3v) is 4.17. The molecule has 2 aromatic carbocycles. The third kappa shape index (κ3) is 5.38. The molecule has 0 fully saturated rings. The van der Waals surface area contributed by atoms with Crippen LogP contribution in [0.15, 0.2) is 53.4 Å². The highest BCUT2D eigenvalue weighted by molar-refractivity contribution is 8.00. The quantitative estimate of drug-likeness (QED) is 0.638. The van der Waals surface area contributed by atoms with Gasteiger partial charge in [0.1, 0.15) is 5.82 Å². The zero-order valence-electron chi connectivity index (χ0n) is 13.4. The Bertz CT molecular complexity index is 736. The average molecular weight is 347 g/mol. The van der Waals surface area contributed by atoms with E-state index in [-0.39, 0.29) is 11.6 Å². The second-order valence-electron chi connectivity index (χ2n) is 5.21. The Kier molecular flexibility index (Phi) is 6.37. The molecule has 1 amide bonds. The van der Waals surface area contributed by atoms with Crippen molar-refractivity contribution in [3.8, 4) is 0 Å². The van der Waals surface area contributed by atoms with Crippen molar-refractivity contribution in [2.75, 3.05) is 11.1 Å². The summed E-state index contributed by atoms with van der Waals surface area (Å²) in [5, 5.41) is 2.69. The van der Waals surface area contributed by atoms with Crippen LogP contribution in [0.1, 0.15) is 12.5 Å². The van der Waals surface area contributed by atoms with Crippen molar-refractivity contribution in [3.63, 3.8) is 0 Å². The summed E-state index contributed by atoms with van der Waals surface area (Å²) >= 11 is 1.03. The van der Waals surface area contributed by atoms with Gasteiger partial charge in [-0.05, 0) is 43.7 Å². The molecule has 6 heteroatoms. The van der Waals surface area contributed by atoms with Crippen LogP contribution in [-0.4, -0.2) is 23.7 Å². The van der Waals surface area contributed by atoms with Crippen LogP contribution in [0, 0.1) is 12.7 Å². The van der Waals surface area contributed by atoms with Crippen LogP contribution in [0.5, 0.6) is 0 Å². The van der Waals surface area contributed by atoms with Gasteiger partial charge in [0.25, 0.3) is 5.91 Å². The maximum absolute atomic E-state index is 13.5. The molecule has 1 N–H and O–H groups in total. The van der Waals surface area contributed by atoms with Crippen molar-refractivity contribution in [2.45, 2.75) is 24.8 Å². The fraction of sp³-hybridized carbons (Fsp3) is 0.222. The standard InChI is InChI=1S/C18H18FNO3S/c1-12-6-5-7-14(10-12)20-18(22)13(2)23-17(21)11-24-16-9-4-3-8-15(16)19/h3-10,13H,11H2,1-2H3,(H,20,22)/t13-/m0/s1. The van der Waals surface area contributed by atoms with E-state index in [0.717, 1.165) is 17.3 Å². The van der Waals surface area contributed by atoms with Gasteiger partial charge >= 0.3 is 5.97 Å². The summed E-state index contributed by atoms with van der Waals surface area (Å²) < 4.78 is 18.6. The number of hydrogen-bond donors (Lipinski definition) is 1. The summed E-state index contributed by atoms with van der Waals surface area (Å²) in [7, 11) is 0. The molecule has 0 saturated carbocycles. The van der Waals surface area contributed by atoms with Gasteiger partial charge < -0.3 is 10.1 Å². The lowest BCUT2D eigenvalue weighted by Crippen LogP contribution is -2.30. The molecule has 0 aliphatic heterocycles. The monoisotopic (exact) mass is 347 g/mol. The summed E-state index contributed by atoms with van der Waals surface area (Å²) in [6.07, 6.45) is -0.931. The summed E-state index contributed by atoms with van der Waals surface area (Å²) in [6.45, 7) is 3.41. The van der Waals surface area contributed by atoms with Crippen molar-refractivity contribution in [1.29, 1.82) is 0 Å². The molecule has 0 heterocycles. The lowest BCUT2D eigenvalue weighted by atomic mass is 10.2. The summed E-state index contributed by atoms with van der Waals surface area (Å²) in [5.41, 5.74) is 1.65. The lowest BCUT2D eigenvalue weighted by Gasteiger charge is -2.13. The Hall–Kier alpha value is -2.34. The molecule has 0 unspecified atom stereocenters. The molecule has 4 nitrogen and oxygen atoms in total. The van der Waals surface area contributed by atoms with Gasteiger partial charge in [-0.25, -0.2) is 4.39 Å². The van der Waals surface area contributed by atoms with Gasteiger partial charge in [0.15, 0.2) is 6.10 Å². The molecule has 0 aliphatic carbocycles. The number of carbonyl (C=O) groups excluding carboxylic acids is 2. The average Bonchev–Trinajstić information content (AvgIpc) is 2.54. The Labute approximate surface area is 144 Å². The molecule has 0 aliphatic rings. The fourth-order valence-corrected chi connectivity index (χ4v) is 2.67. The number of nitrogens with one attached hydrogen (secondary N) is 1. The van der Waals surface area contributed by atoms with Gasteiger partial charge in [-0.15, -0.1) is 11.8 Å². The molecular weight excluding hydrogens is 329 g/mol. The molecule has 0 saturated heterocycles. The number of anilines is 1. The predicted octanol–water partition coefficient (Wildman–Crippen LogP) is 3.80. The number of rotatable bonds is 6. The topological polar surface area (TPSA) is 55.4 Å². The third-order valence-electron chi connectivity index (χ3n) is 3.15. The van der Waals surface area contributed by atoms with Crippen LogP contribution >= 0.6 is 11.8 Å². The van der Waals surface area contributed by atoms with Crippen molar-refractivity contribution >= 4 is 29.3 Å². The SMILES string of the molecule is Cc1cccc(NC(=O)[C@H](C)OC(=O)CSc2ccccc2F)c1. The van der Waals surface area contributed by atoms with Crippen LogP contribution in [0.4, 0.5) is 10.1 Å². The molecule has 0 aromatic heterocycles. The number of esters is 1. The minimum Gasteiger partial charge on any atom is -0.452 e. The van der Waals surface area contributed by atoms with Gasteiger partial charge in [0, 0.05) is 10.6 Å². The van der Waals surface area contributed by atoms with Crippen LogP contribution in [-0.2, 0) is 14.3 Å². The Balaban J connectivity index is 1.82. The van der Waals surface area contributed by atoms with Crippen molar-refractivity contribution in [2.24, 2.45) is 0 Å². The zero-order valence-corrected chi connectivity index (χ0v) is 14.2. The van der Waals surface area contributed by atoms with E-state index < -0.39 is 18.0 Å². The number of amides is 1.